The Morgan fingerprint density at radius 2 is 1.75 bits per heavy atom. The average molecular weight is 489 g/mol. The molecule has 0 aliphatic carbocycles. The summed E-state index contributed by atoms with van der Waals surface area (Å²) in [6, 6.07) is 19.2. The molecule has 1 fully saturated rings. The van der Waals surface area contributed by atoms with E-state index in [-0.39, 0.29) is 11.5 Å². The molecule has 5 rings (SSSR count). The highest BCUT2D eigenvalue weighted by atomic mass is 16.6. The van der Waals surface area contributed by atoms with Gasteiger partial charge < -0.3 is 23.7 Å². The van der Waals surface area contributed by atoms with Gasteiger partial charge in [0.05, 0.1) is 12.3 Å². The smallest absolute Gasteiger partial charge is 0.197 e. The van der Waals surface area contributed by atoms with Crippen LogP contribution in [0, 0.1) is 6.92 Å². The van der Waals surface area contributed by atoms with E-state index in [1.807, 2.05) is 6.92 Å². The molecule has 3 aromatic rings. The number of aryl methyl sites for hydroxylation is 1. The zero-order chi connectivity index (χ0) is 25.1. The van der Waals surface area contributed by atoms with Crippen LogP contribution in [0.5, 0.6) is 5.88 Å². The van der Waals surface area contributed by atoms with Gasteiger partial charge in [0.15, 0.2) is 11.3 Å². The Morgan fingerprint density at radius 1 is 0.972 bits per heavy atom. The van der Waals surface area contributed by atoms with Crippen LogP contribution in [0.2, 0.25) is 0 Å². The van der Waals surface area contributed by atoms with Crippen LogP contribution < -0.4 is 15.1 Å². The van der Waals surface area contributed by atoms with Crippen LogP contribution in [0.25, 0.3) is 11.3 Å². The second kappa shape index (κ2) is 10.9. The summed E-state index contributed by atoms with van der Waals surface area (Å²) in [7, 11) is 3.28. The lowest BCUT2D eigenvalue weighted by molar-refractivity contribution is -0.000948. The molecule has 0 spiro atoms. The molecule has 0 N–H and O–H groups in total. The zero-order valence-corrected chi connectivity index (χ0v) is 21.5. The van der Waals surface area contributed by atoms with Crippen molar-refractivity contribution in [1.29, 1.82) is 0 Å². The third-order valence-electron chi connectivity index (χ3n) is 7.70. The summed E-state index contributed by atoms with van der Waals surface area (Å²) in [5.41, 5.74) is 6.89. The molecule has 190 valence electrons. The third kappa shape index (κ3) is 4.93. The van der Waals surface area contributed by atoms with Gasteiger partial charge in [0, 0.05) is 56.7 Å². The summed E-state index contributed by atoms with van der Waals surface area (Å²) in [4.78, 5) is 15.4. The molecule has 2 aromatic carbocycles. The summed E-state index contributed by atoms with van der Waals surface area (Å²) in [5.74, 6) is 1.23. The van der Waals surface area contributed by atoms with Crippen LogP contribution in [0.3, 0.4) is 0 Å². The molecule has 1 atom stereocenters. The molecule has 3 heterocycles. The maximum atomic E-state index is 12.9. The van der Waals surface area contributed by atoms with E-state index in [0.29, 0.717) is 25.0 Å². The zero-order valence-electron chi connectivity index (χ0n) is 21.5. The van der Waals surface area contributed by atoms with E-state index in [9.17, 15) is 4.79 Å². The Kier molecular flexibility index (Phi) is 7.44. The van der Waals surface area contributed by atoms with Gasteiger partial charge in [-0.15, -0.1) is 0 Å². The number of anilines is 1. The first-order valence-electron chi connectivity index (χ1n) is 12.9. The van der Waals surface area contributed by atoms with E-state index in [0.717, 1.165) is 42.9 Å². The van der Waals surface area contributed by atoms with Gasteiger partial charge >= 0.3 is 0 Å². The van der Waals surface area contributed by atoms with Gasteiger partial charge in [-0.3, -0.25) is 4.79 Å². The molecule has 36 heavy (non-hydrogen) atoms. The van der Waals surface area contributed by atoms with Crippen molar-refractivity contribution in [3.8, 4) is 17.1 Å². The standard InChI is InChI=1S/C30H36N2O4/c1-21-28(33)18-29(36-20-26(35-3)19-34-2)32-16-13-24-17-25(9-10-27(24)30(21)32)31-14-11-23(12-15-31)22-7-5-4-6-8-22/h4-10,17-18,23,26H,11-16,19-20H2,1-3H3/t26-/m0/s1. The highest BCUT2D eigenvalue weighted by molar-refractivity contribution is 5.72. The number of rotatable bonds is 8. The van der Waals surface area contributed by atoms with Gasteiger partial charge in [-0.2, -0.15) is 0 Å². The number of methoxy groups -OCH3 is 2. The molecule has 6 nitrogen and oxygen atoms in total. The molecule has 2 aliphatic heterocycles. The maximum absolute atomic E-state index is 12.9. The second-order valence-corrected chi connectivity index (χ2v) is 9.86. The molecule has 1 saturated heterocycles. The van der Waals surface area contributed by atoms with Gasteiger partial charge in [0.25, 0.3) is 0 Å². The Balaban J connectivity index is 1.36. The predicted octanol–water partition coefficient (Wildman–Crippen LogP) is 4.80. The largest absolute Gasteiger partial charge is 0.476 e. The molecular formula is C30H36N2O4. The molecule has 0 unspecified atom stereocenters. The Labute approximate surface area is 213 Å². The average Bonchev–Trinajstić information content (AvgIpc) is 2.93. The van der Waals surface area contributed by atoms with Crippen molar-refractivity contribution in [3.63, 3.8) is 0 Å². The number of ether oxygens (including phenoxy) is 3. The molecule has 0 saturated carbocycles. The quantitative estimate of drug-likeness (QED) is 0.456. The topological polar surface area (TPSA) is 52.9 Å². The summed E-state index contributed by atoms with van der Waals surface area (Å²) >= 11 is 0. The van der Waals surface area contributed by atoms with Crippen molar-refractivity contribution < 1.29 is 14.2 Å². The van der Waals surface area contributed by atoms with Gasteiger partial charge in [-0.05, 0) is 55.4 Å². The number of benzene rings is 2. The molecule has 0 amide bonds. The summed E-state index contributed by atoms with van der Waals surface area (Å²) in [5, 5.41) is 0. The number of hydrogen-bond donors (Lipinski definition) is 0. The van der Waals surface area contributed by atoms with Crippen LogP contribution in [0.1, 0.15) is 35.4 Å². The van der Waals surface area contributed by atoms with E-state index in [1.54, 1.807) is 20.3 Å². The molecule has 0 bridgehead atoms. The van der Waals surface area contributed by atoms with Crippen LogP contribution in [0.15, 0.2) is 59.4 Å². The van der Waals surface area contributed by atoms with E-state index in [2.05, 4.69) is 58.0 Å². The van der Waals surface area contributed by atoms with Crippen LogP contribution in [-0.2, 0) is 22.4 Å². The molecular weight excluding hydrogens is 452 g/mol. The predicted molar refractivity (Wildman–Crippen MR) is 143 cm³/mol. The van der Waals surface area contributed by atoms with Crippen molar-refractivity contribution in [2.75, 3.05) is 45.4 Å². The fourth-order valence-corrected chi connectivity index (χ4v) is 5.61. The van der Waals surface area contributed by atoms with E-state index >= 15 is 0 Å². The molecule has 1 aromatic heterocycles. The summed E-state index contributed by atoms with van der Waals surface area (Å²) < 4.78 is 18.8. The minimum absolute atomic E-state index is 0.00290. The van der Waals surface area contributed by atoms with Crippen LogP contribution >= 0.6 is 0 Å². The number of piperidine rings is 1. The molecule has 0 radical (unpaired) electrons. The van der Waals surface area contributed by atoms with Gasteiger partial charge in [0.2, 0.25) is 0 Å². The molecule has 6 heteroatoms. The van der Waals surface area contributed by atoms with E-state index in [1.165, 1.54) is 29.7 Å². The first kappa shape index (κ1) is 24.6. The number of fused-ring (bicyclic) bond motifs is 3. The lowest BCUT2D eigenvalue weighted by atomic mass is 9.89. The van der Waals surface area contributed by atoms with Crippen molar-refractivity contribution in [1.82, 2.24) is 4.57 Å². The van der Waals surface area contributed by atoms with E-state index < -0.39 is 0 Å². The van der Waals surface area contributed by atoms with Crippen LogP contribution in [0.4, 0.5) is 5.69 Å². The van der Waals surface area contributed by atoms with E-state index in [4.69, 9.17) is 14.2 Å². The van der Waals surface area contributed by atoms with Crippen LogP contribution in [-0.4, -0.2) is 51.2 Å². The Hall–Kier alpha value is -3.09. The van der Waals surface area contributed by atoms with Crippen molar-refractivity contribution in [2.24, 2.45) is 0 Å². The Morgan fingerprint density at radius 3 is 2.47 bits per heavy atom. The fourth-order valence-electron chi connectivity index (χ4n) is 5.61. The van der Waals surface area contributed by atoms with Gasteiger partial charge in [-0.1, -0.05) is 36.4 Å². The lowest BCUT2D eigenvalue weighted by Gasteiger charge is -2.35. The van der Waals surface area contributed by atoms with Crippen molar-refractivity contribution >= 4 is 5.69 Å². The lowest BCUT2D eigenvalue weighted by Crippen LogP contribution is -2.33. The highest BCUT2D eigenvalue weighted by Gasteiger charge is 2.25. The third-order valence-corrected chi connectivity index (χ3v) is 7.70. The molecule has 2 aliphatic rings. The number of nitrogens with zero attached hydrogens (tertiary/aromatic N) is 2. The normalized spacial score (nSPS) is 16.4. The second-order valence-electron chi connectivity index (χ2n) is 9.86. The first-order valence-corrected chi connectivity index (χ1v) is 12.9. The minimum Gasteiger partial charge on any atom is -0.476 e. The SMILES string of the molecule is COC[C@@H](COc1cc(=O)c(C)c2n1CCc1cc(N3CCC(c4ccccc4)CC3)ccc1-2)OC. The first-order chi connectivity index (χ1) is 17.6. The highest BCUT2D eigenvalue weighted by Crippen LogP contribution is 2.37. The minimum atomic E-state index is -0.188. The van der Waals surface area contributed by atoms with Crippen molar-refractivity contribution in [3.05, 3.63) is 81.5 Å². The Bertz CT molecular complexity index is 1250. The number of pyridine rings is 1. The fraction of sp³-hybridized carbons (Fsp3) is 0.433. The number of aromatic nitrogens is 1. The van der Waals surface area contributed by atoms with Gasteiger partial charge in [-0.25, -0.2) is 0 Å². The van der Waals surface area contributed by atoms with Crippen molar-refractivity contribution in [2.45, 2.75) is 44.8 Å². The maximum Gasteiger partial charge on any atom is 0.197 e. The monoisotopic (exact) mass is 488 g/mol. The number of hydrogen-bond acceptors (Lipinski definition) is 5. The summed E-state index contributed by atoms with van der Waals surface area (Å²) in [6.07, 6.45) is 3.06. The van der Waals surface area contributed by atoms with Gasteiger partial charge in [0.1, 0.15) is 12.7 Å². The summed E-state index contributed by atoms with van der Waals surface area (Å²) in [6.45, 7) is 5.59.